The number of phenols is 1. The van der Waals surface area contributed by atoms with Gasteiger partial charge in [-0.15, -0.1) is 0 Å². The molecule has 0 amide bonds. The van der Waals surface area contributed by atoms with Crippen LogP contribution in [0.15, 0.2) is 58.8 Å². The van der Waals surface area contributed by atoms with Crippen LogP contribution in [0.3, 0.4) is 0 Å². The average molecular weight is 324 g/mol. The number of hydrogen-bond acceptors (Lipinski definition) is 3. The Morgan fingerprint density at radius 1 is 0.750 bits per heavy atom. The second kappa shape index (κ2) is 5.07. The Morgan fingerprint density at radius 3 is 1.69 bits per heavy atom. The van der Waals surface area contributed by atoms with Crippen LogP contribution < -0.4 is 0 Å². The van der Waals surface area contributed by atoms with E-state index in [0.717, 1.165) is 11.4 Å². The molecule has 0 saturated carbocycles. The SMILES string of the molecule is Oc1ccc(N=Nc2ccc(I)cc2)cc1. The van der Waals surface area contributed by atoms with Crippen molar-refractivity contribution in [2.24, 2.45) is 10.2 Å². The van der Waals surface area contributed by atoms with E-state index in [1.807, 2.05) is 24.3 Å². The van der Waals surface area contributed by atoms with Gasteiger partial charge in [-0.1, -0.05) is 0 Å². The van der Waals surface area contributed by atoms with E-state index in [1.54, 1.807) is 24.3 Å². The van der Waals surface area contributed by atoms with E-state index in [-0.39, 0.29) is 5.75 Å². The van der Waals surface area contributed by atoms with Crippen molar-refractivity contribution in [1.29, 1.82) is 0 Å². The molecule has 2 aromatic carbocycles. The van der Waals surface area contributed by atoms with Crippen molar-refractivity contribution in [2.75, 3.05) is 0 Å². The van der Waals surface area contributed by atoms with Gasteiger partial charge < -0.3 is 5.11 Å². The Bertz CT molecular complexity index is 444. The number of hydrogen-bond donors (Lipinski definition) is 1. The van der Waals surface area contributed by atoms with E-state index in [4.69, 9.17) is 5.11 Å². The van der Waals surface area contributed by atoms with Crippen LogP contribution in [-0.4, -0.2) is 5.11 Å². The third-order valence-corrected chi connectivity index (χ3v) is 2.68. The number of benzene rings is 2. The average Bonchev–Trinajstić information content (AvgIpc) is 2.30. The monoisotopic (exact) mass is 324 g/mol. The second-order valence-corrected chi connectivity index (χ2v) is 4.44. The molecule has 2 rings (SSSR count). The molecule has 0 bridgehead atoms. The fourth-order valence-electron chi connectivity index (χ4n) is 1.14. The number of phenolic OH excluding ortho intramolecular Hbond substituents is 1. The molecule has 0 aliphatic heterocycles. The largest absolute Gasteiger partial charge is 0.508 e. The van der Waals surface area contributed by atoms with Crippen LogP contribution in [-0.2, 0) is 0 Å². The van der Waals surface area contributed by atoms with Crippen LogP contribution >= 0.6 is 22.6 Å². The molecular formula is C12H9IN2O. The summed E-state index contributed by atoms with van der Waals surface area (Å²) in [5, 5.41) is 17.2. The van der Waals surface area contributed by atoms with E-state index in [9.17, 15) is 0 Å². The summed E-state index contributed by atoms with van der Waals surface area (Å²) in [4.78, 5) is 0. The minimum Gasteiger partial charge on any atom is -0.508 e. The topological polar surface area (TPSA) is 45.0 Å². The predicted octanol–water partition coefficient (Wildman–Crippen LogP) is 4.41. The van der Waals surface area contributed by atoms with Gasteiger partial charge in [0.05, 0.1) is 11.4 Å². The Hall–Kier alpha value is -1.43. The lowest BCUT2D eigenvalue weighted by molar-refractivity contribution is 0.475. The van der Waals surface area contributed by atoms with E-state index < -0.39 is 0 Å². The van der Waals surface area contributed by atoms with Crippen molar-refractivity contribution in [3.05, 3.63) is 52.1 Å². The molecule has 16 heavy (non-hydrogen) atoms. The van der Waals surface area contributed by atoms with Gasteiger partial charge in [-0.25, -0.2) is 0 Å². The van der Waals surface area contributed by atoms with Gasteiger partial charge in [0.2, 0.25) is 0 Å². The first kappa shape index (κ1) is 11.1. The van der Waals surface area contributed by atoms with E-state index >= 15 is 0 Å². The lowest BCUT2D eigenvalue weighted by atomic mass is 10.3. The first-order valence-electron chi connectivity index (χ1n) is 4.70. The highest BCUT2D eigenvalue weighted by atomic mass is 127. The molecule has 0 fully saturated rings. The summed E-state index contributed by atoms with van der Waals surface area (Å²) < 4.78 is 1.17. The van der Waals surface area contributed by atoms with Crippen LogP contribution in [0.1, 0.15) is 0 Å². The minimum atomic E-state index is 0.230. The third kappa shape index (κ3) is 3.03. The summed E-state index contributed by atoms with van der Waals surface area (Å²) in [6.07, 6.45) is 0. The van der Waals surface area contributed by atoms with Gasteiger partial charge in [-0.2, -0.15) is 10.2 Å². The van der Waals surface area contributed by atoms with E-state index in [0.29, 0.717) is 0 Å². The van der Waals surface area contributed by atoms with E-state index in [2.05, 4.69) is 32.8 Å². The van der Waals surface area contributed by atoms with Gasteiger partial charge in [0.15, 0.2) is 0 Å². The summed E-state index contributed by atoms with van der Waals surface area (Å²) in [5.74, 6) is 0.230. The Morgan fingerprint density at radius 2 is 1.19 bits per heavy atom. The molecule has 1 N–H and O–H groups in total. The zero-order valence-electron chi connectivity index (χ0n) is 8.34. The number of halogens is 1. The first-order valence-corrected chi connectivity index (χ1v) is 5.78. The zero-order chi connectivity index (χ0) is 11.4. The molecule has 3 nitrogen and oxygen atoms in total. The lowest BCUT2D eigenvalue weighted by Gasteiger charge is -1.94. The van der Waals surface area contributed by atoms with Crippen LogP contribution in [0.25, 0.3) is 0 Å². The maximum Gasteiger partial charge on any atom is 0.115 e. The fourth-order valence-corrected chi connectivity index (χ4v) is 1.50. The summed E-state index contributed by atoms with van der Waals surface area (Å²) in [7, 11) is 0. The molecular weight excluding hydrogens is 315 g/mol. The molecule has 0 heterocycles. The number of aromatic hydroxyl groups is 1. The molecule has 0 aromatic heterocycles. The van der Waals surface area contributed by atoms with Gasteiger partial charge in [0.1, 0.15) is 5.75 Å². The number of azo groups is 1. The van der Waals surface area contributed by atoms with Crippen LogP contribution in [0, 0.1) is 3.57 Å². The summed E-state index contributed by atoms with van der Waals surface area (Å²) >= 11 is 2.24. The lowest BCUT2D eigenvalue weighted by Crippen LogP contribution is -1.67. The highest BCUT2D eigenvalue weighted by Gasteiger charge is 1.91. The van der Waals surface area contributed by atoms with Crippen molar-refractivity contribution >= 4 is 34.0 Å². The van der Waals surface area contributed by atoms with Gasteiger partial charge in [-0.05, 0) is 71.1 Å². The van der Waals surface area contributed by atoms with Crippen LogP contribution in [0.2, 0.25) is 0 Å². The van der Waals surface area contributed by atoms with Crippen molar-refractivity contribution in [2.45, 2.75) is 0 Å². The highest BCUT2D eigenvalue weighted by molar-refractivity contribution is 14.1. The van der Waals surface area contributed by atoms with Crippen LogP contribution in [0.4, 0.5) is 11.4 Å². The number of nitrogens with zero attached hydrogens (tertiary/aromatic N) is 2. The van der Waals surface area contributed by atoms with Crippen molar-refractivity contribution in [3.8, 4) is 5.75 Å². The Kier molecular flexibility index (Phi) is 3.51. The normalized spacial score (nSPS) is 10.8. The van der Waals surface area contributed by atoms with Crippen molar-refractivity contribution < 1.29 is 5.11 Å². The molecule has 4 heteroatoms. The molecule has 0 spiro atoms. The van der Waals surface area contributed by atoms with Gasteiger partial charge in [0.25, 0.3) is 0 Å². The van der Waals surface area contributed by atoms with Gasteiger partial charge in [-0.3, -0.25) is 0 Å². The van der Waals surface area contributed by atoms with E-state index in [1.165, 1.54) is 3.57 Å². The quantitative estimate of drug-likeness (QED) is 0.645. The minimum absolute atomic E-state index is 0.230. The smallest absolute Gasteiger partial charge is 0.115 e. The molecule has 0 saturated heterocycles. The maximum atomic E-state index is 9.10. The summed E-state index contributed by atoms with van der Waals surface area (Å²) in [6, 6.07) is 14.4. The molecule has 0 atom stereocenters. The number of rotatable bonds is 2. The fraction of sp³-hybridized carbons (Fsp3) is 0. The van der Waals surface area contributed by atoms with Crippen molar-refractivity contribution in [1.82, 2.24) is 0 Å². The molecule has 2 aromatic rings. The standard InChI is InChI=1S/C12H9IN2O/c13-9-1-3-10(4-2-9)14-15-11-5-7-12(16)8-6-11/h1-8,16H. The molecule has 0 aliphatic carbocycles. The van der Waals surface area contributed by atoms with Gasteiger partial charge in [0, 0.05) is 3.57 Å². The van der Waals surface area contributed by atoms with Crippen LogP contribution in [0.5, 0.6) is 5.75 Å². The summed E-state index contributed by atoms with van der Waals surface area (Å²) in [5.41, 5.74) is 1.53. The van der Waals surface area contributed by atoms with Gasteiger partial charge >= 0.3 is 0 Å². The maximum absolute atomic E-state index is 9.10. The zero-order valence-corrected chi connectivity index (χ0v) is 10.5. The summed E-state index contributed by atoms with van der Waals surface area (Å²) in [6.45, 7) is 0. The second-order valence-electron chi connectivity index (χ2n) is 3.19. The molecule has 80 valence electrons. The first-order chi connectivity index (χ1) is 7.74. The molecule has 0 unspecified atom stereocenters. The third-order valence-electron chi connectivity index (χ3n) is 1.96. The predicted molar refractivity (Wildman–Crippen MR) is 71.4 cm³/mol. The molecule has 0 aliphatic rings. The Balaban J connectivity index is 2.15. The van der Waals surface area contributed by atoms with Crippen molar-refractivity contribution in [3.63, 3.8) is 0 Å². The molecule has 0 radical (unpaired) electrons. The highest BCUT2D eigenvalue weighted by Crippen LogP contribution is 2.20. The Labute approximate surface area is 107 Å².